The van der Waals surface area contributed by atoms with Crippen molar-refractivity contribution < 1.29 is 14.4 Å². The third kappa shape index (κ3) is 4.03. The molecule has 0 radical (unpaired) electrons. The molecule has 170 valence electrons. The van der Waals surface area contributed by atoms with Gasteiger partial charge in [-0.1, -0.05) is 60.7 Å². The van der Waals surface area contributed by atoms with Gasteiger partial charge in [0.15, 0.2) is 0 Å². The minimum absolute atomic E-state index is 0.00919. The molecule has 3 aromatic carbocycles. The zero-order valence-electron chi connectivity index (χ0n) is 18.7. The lowest BCUT2D eigenvalue weighted by molar-refractivity contribution is -0.122. The lowest BCUT2D eigenvalue weighted by Crippen LogP contribution is -2.49. The standard InChI is InChI=1S/C27H24N4O3/c1-17(29-27(34)23-14-19-9-3-6-12-22(19)30-23)26(33)28-16-31-24-13-7-5-11-21(24)20-10-4-2-8-18(20)15-25(31)32/h2-14,17,30H,15-16H2,1H3,(H,28,33)(H,29,34)/t17-/m0/s1. The molecule has 4 aromatic rings. The van der Waals surface area contributed by atoms with Gasteiger partial charge < -0.3 is 15.6 Å². The van der Waals surface area contributed by atoms with Crippen molar-refractivity contribution in [1.29, 1.82) is 0 Å². The van der Waals surface area contributed by atoms with Crippen LogP contribution in [0.3, 0.4) is 0 Å². The van der Waals surface area contributed by atoms with E-state index < -0.39 is 6.04 Å². The van der Waals surface area contributed by atoms with Gasteiger partial charge in [-0.25, -0.2) is 0 Å². The highest BCUT2D eigenvalue weighted by atomic mass is 16.2. The average Bonchev–Trinajstić information content (AvgIpc) is 3.24. The predicted octanol–water partition coefficient (Wildman–Crippen LogP) is 3.62. The van der Waals surface area contributed by atoms with E-state index in [-0.39, 0.29) is 30.8 Å². The van der Waals surface area contributed by atoms with Gasteiger partial charge in [0.25, 0.3) is 5.91 Å². The maximum atomic E-state index is 13.1. The SMILES string of the molecule is C[C@H](NC(=O)c1cc2ccccc2[nH]1)C(=O)NCN1C(=O)Cc2ccccc2-c2ccccc21. The number of carbonyl (C=O) groups is 3. The number of aromatic nitrogens is 1. The number of carbonyl (C=O) groups excluding carboxylic acids is 3. The molecule has 0 saturated carbocycles. The van der Waals surface area contributed by atoms with Crippen molar-refractivity contribution in [2.24, 2.45) is 0 Å². The third-order valence-electron chi connectivity index (χ3n) is 6.07. The number of amides is 3. The van der Waals surface area contributed by atoms with E-state index in [9.17, 15) is 14.4 Å². The molecule has 2 heterocycles. The Bertz CT molecular complexity index is 1370. The molecule has 7 nitrogen and oxygen atoms in total. The fourth-order valence-electron chi connectivity index (χ4n) is 4.29. The number of rotatable bonds is 5. The molecule has 1 aliphatic heterocycles. The van der Waals surface area contributed by atoms with Gasteiger partial charge in [-0.05, 0) is 36.2 Å². The van der Waals surface area contributed by atoms with E-state index >= 15 is 0 Å². The molecule has 3 N–H and O–H groups in total. The van der Waals surface area contributed by atoms with E-state index in [1.54, 1.807) is 17.9 Å². The summed E-state index contributed by atoms with van der Waals surface area (Å²) < 4.78 is 0. The minimum atomic E-state index is -0.784. The van der Waals surface area contributed by atoms with Crippen LogP contribution in [-0.4, -0.2) is 35.4 Å². The van der Waals surface area contributed by atoms with Gasteiger partial charge in [-0.2, -0.15) is 0 Å². The molecule has 3 amide bonds. The lowest BCUT2D eigenvalue weighted by atomic mass is 9.98. The predicted molar refractivity (Wildman–Crippen MR) is 131 cm³/mol. The summed E-state index contributed by atoms with van der Waals surface area (Å²) in [4.78, 5) is 43.1. The Balaban J connectivity index is 1.28. The van der Waals surface area contributed by atoms with Gasteiger partial charge in [-0.3, -0.25) is 19.3 Å². The first-order chi connectivity index (χ1) is 16.5. The second-order valence-corrected chi connectivity index (χ2v) is 8.34. The van der Waals surface area contributed by atoms with Crippen LogP contribution >= 0.6 is 0 Å². The second-order valence-electron chi connectivity index (χ2n) is 8.34. The molecule has 0 bridgehead atoms. The molecular weight excluding hydrogens is 428 g/mol. The Morgan fingerprint density at radius 3 is 2.50 bits per heavy atom. The Hall–Kier alpha value is -4.39. The highest BCUT2D eigenvalue weighted by Crippen LogP contribution is 2.36. The molecule has 0 unspecified atom stereocenters. The van der Waals surface area contributed by atoms with Gasteiger partial charge in [0.05, 0.1) is 18.8 Å². The Kier molecular flexibility index (Phi) is 5.59. The zero-order chi connectivity index (χ0) is 23.7. The molecule has 1 aliphatic rings. The van der Waals surface area contributed by atoms with E-state index in [0.29, 0.717) is 5.69 Å². The first kappa shape index (κ1) is 21.5. The summed E-state index contributed by atoms with van der Waals surface area (Å²) in [6, 6.07) is 24.0. The van der Waals surface area contributed by atoms with Crippen molar-refractivity contribution in [2.45, 2.75) is 19.4 Å². The van der Waals surface area contributed by atoms with Crippen LogP contribution in [0.15, 0.2) is 78.9 Å². The Morgan fingerprint density at radius 1 is 0.971 bits per heavy atom. The third-order valence-corrected chi connectivity index (χ3v) is 6.07. The number of anilines is 1. The number of benzene rings is 3. The molecular formula is C27H24N4O3. The van der Waals surface area contributed by atoms with Crippen molar-refractivity contribution in [3.8, 4) is 11.1 Å². The van der Waals surface area contributed by atoms with Gasteiger partial charge in [0.2, 0.25) is 11.8 Å². The molecule has 0 fully saturated rings. The largest absolute Gasteiger partial charge is 0.351 e. The first-order valence-electron chi connectivity index (χ1n) is 11.2. The number of hydrogen-bond acceptors (Lipinski definition) is 3. The van der Waals surface area contributed by atoms with Crippen LogP contribution in [0, 0.1) is 0 Å². The minimum Gasteiger partial charge on any atom is -0.351 e. The number of H-pyrrole nitrogens is 1. The monoisotopic (exact) mass is 452 g/mol. The molecule has 5 rings (SSSR count). The molecule has 0 aliphatic carbocycles. The van der Waals surface area contributed by atoms with Crippen molar-refractivity contribution in [2.75, 3.05) is 11.6 Å². The van der Waals surface area contributed by atoms with E-state index in [1.165, 1.54) is 0 Å². The summed E-state index contributed by atoms with van der Waals surface area (Å²) in [7, 11) is 0. The van der Waals surface area contributed by atoms with Gasteiger partial charge in [0, 0.05) is 16.5 Å². The summed E-state index contributed by atoms with van der Waals surface area (Å²) in [5, 5.41) is 6.44. The topological polar surface area (TPSA) is 94.3 Å². The van der Waals surface area contributed by atoms with Crippen molar-refractivity contribution >= 4 is 34.3 Å². The summed E-state index contributed by atoms with van der Waals surface area (Å²) in [5.74, 6) is -0.852. The van der Waals surface area contributed by atoms with Gasteiger partial charge >= 0.3 is 0 Å². The van der Waals surface area contributed by atoms with Crippen molar-refractivity contribution in [1.82, 2.24) is 15.6 Å². The summed E-state index contributed by atoms with van der Waals surface area (Å²) >= 11 is 0. The van der Waals surface area contributed by atoms with E-state index in [0.717, 1.165) is 33.3 Å². The molecule has 7 heteroatoms. The maximum absolute atomic E-state index is 13.1. The second kappa shape index (κ2) is 8.86. The number of nitrogens with one attached hydrogen (secondary N) is 3. The number of hydrogen-bond donors (Lipinski definition) is 3. The Labute approximate surface area is 196 Å². The molecule has 0 saturated heterocycles. The van der Waals surface area contributed by atoms with Gasteiger partial charge in [-0.15, -0.1) is 0 Å². The maximum Gasteiger partial charge on any atom is 0.268 e. The number of fused-ring (bicyclic) bond motifs is 4. The van der Waals surface area contributed by atoms with Crippen LogP contribution in [0.5, 0.6) is 0 Å². The van der Waals surface area contributed by atoms with Crippen molar-refractivity contribution in [3.05, 3.63) is 90.1 Å². The molecule has 0 spiro atoms. The fourth-order valence-corrected chi connectivity index (χ4v) is 4.29. The van der Waals surface area contributed by atoms with E-state index in [2.05, 4.69) is 15.6 Å². The summed E-state index contributed by atoms with van der Waals surface area (Å²) in [6.45, 7) is 1.62. The van der Waals surface area contributed by atoms with Crippen molar-refractivity contribution in [3.63, 3.8) is 0 Å². The van der Waals surface area contributed by atoms with E-state index in [4.69, 9.17) is 0 Å². The fraction of sp³-hybridized carbons (Fsp3) is 0.148. The first-order valence-corrected chi connectivity index (χ1v) is 11.2. The van der Waals surface area contributed by atoms with Crippen LogP contribution in [0.25, 0.3) is 22.0 Å². The van der Waals surface area contributed by atoms with E-state index in [1.807, 2.05) is 72.8 Å². The average molecular weight is 453 g/mol. The molecule has 1 atom stereocenters. The normalized spacial score (nSPS) is 13.6. The smallest absolute Gasteiger partial charge is 0.268 e. The van der Waals surface area contributed by atoms with Crippen LogP contribution < -0.4 is 15.5 Å². The van der Waals surface area contributed by atoms with Crippen LogP contribution in [0.4, 0.5) is 5.69 Å². The Morgan fingerprint density at radius 2 is 1.68 bits per heavy atom. The van der Waals surface area contributed by atoms with Crippen LogP contribution in [-0.2, 0) is 16.0 Å². The van der Waals surface area contributed by atoms with Crippen LogP contribution in [0.1, 0.15) is 23.0 Å². The zero-order valence-corrected chi connectivity index (χ0v) is 18.7. The highest BCUT2D eigenvalue weighted by Gasteiger charge is 2.26. The highest BCUT2D eigenvalue weighted by molar-refractivity contribution is 6.03. The summed E-state index contributed by atoms with van der Waals surface area (Å²) in [6.07, 6.45) is 0.243. The quantitative estimate of drug-likeness (QED) is 0.432. The number of nitrogens with zero attached hydrogens (tertiary/aromatic N) is 1. The van der Waals surface area contributed by atoms with Crippen LogP contribution in [0.2, 0.25) is 0 Å². The van der Waals surface area contributed by atoms with Gasteiger partial charge in [0.1, 0.15) is 11.7 Å². The molecule has 1 aromatic heterocycles. The number of aromatic amines is 1. The summed E-state index contributed by atoms with van der Waals surface area (Å²) in [5.41, 5.74) is 4.89. The number of para-hydroxylation sites is 2. The lowest BCUT2D eigenvalue weighted by Gasteiger charge is -2.24. The molecule has 34 heavy (non-hydrogen) atoms.